The first-order chi connectivity index (χ1) is 15.0. The Bertz CT molecular complexity index is 1190. The number of benzene rings is 2. The standard InChI is InChI=1S/C20H13Cl2N3O3S.C2H6.Na/c1-28-19(27)12-7-13(21)18(14(22)8-12)16-10-29-20(23-16)25-17(26)9-15(24-25)11-5-3-2-4-6-11;1-2;/h2-10,26H,1H3;1-2H3;/q;;+1/p-1. The Hall–Kier alpha value is -1.87. The number of esters is 1. The molecule has 0 saturated heterocycles. The van der Waals surface area contributed by atoms with Crippen molar-refractivity contribution in [3.8, 4) is 33.5 Å². The van der Waals surface area contributed by atoms with E-state index in [0.717, 1.165) is 5.56 Å². The maximum Gasteiger partial charge on any atom is 1.00 e. The van der Waals surface area contributed by atoms with Gasteiger partial charge >= 0.3 is 35.5 Å². The molecule has 0 saturated carbocycles. The molecule has 0 unspecified atom stereocenters. The minimum absolute atomic E-state index is 0. The number of halogens is 2. The molecule has 2 heterocycles. The SMILES string of the molecule is CC.COC(=O)c1cc(Cl)c(-c2csc(-n3nc(-c4ccccc4)cc3[O-])n2)c(Cl)c1.[Na+]. The summed E-state index contributed by atoms with van der Waals surface area (Å²) in [6.45, 7) is 4.00. The van der Waals surface area contributed by atoms with Crippen molar-refractivity contribution in [2.24, 2.45) is 0 Å². The zero-order valence-electron chi connectivity index (χ0n) is 17.9. The fourth-order valence-corrected chi connectivity index (χ4v) is 4.23. The Morgan fingerprint density at radius 1 is 1.06 bits per heavy atom. The Labute approximate surface area is 222 Å². The molecular formula is C22H18Cl2N3NaO3S. The summed E-state index contributed by atoms with van der Waals surface area (Å²) in [7, 11) is 1.28. The molecule has 2 aromatic carbocycles. The summed E-state index contributed by atoms with van der Waals surface area (Å²) in [6, 6.07) is 13.8. The number of hydrogen-bond donors (Lipinski definition) is 0. The van der Waals surface area contributed by atoms with Crippen LogP contribution in [0.25, 0.3) is 27.6 Å². The van der Waals surface area contributed by atoms with Gasteiger partial charge in [0.05, 0.1) is 34.1 Å². The molecule has 10 heteroatoms. The molecular weight excluding hydrogens is 480 g/mol. The van der Waals surface area contributed by atoms with Gasteiger partial charge in [-0.05, 0) is 24.1 Å². The Kier molecular flexibility index (Phi) is 9.76. The van der Waals surface area contributed by atoms with Crippen LogP contribution in [0, 0.1) is 0 Å². The summed E-state index contributed by atoms with van der Waals surface area (Å²) in [6.07, 6.45) is 0. The van der Waals surface area contributed by atoms with Crippen LogP contribution in [0.15, 0.2) is 53.9 Å². The molecule has 0 radical (unpaired) electrons. The van der Waals surface area contributed by atoms with Crippen LogP contribution in [0.1, 0.15) is 24.2 Å². The molecule has 32 heavy (non-hydrogen) atoms. The fourth-order valence-electron chi connectivity index (χ4n) is 2.78. The average molecular weight is 498 g/mol. The normalized spacial score (nSPS) is 10.0. The third-order valence-corrected chi connectivity index (χ3v) is 5.55. The molecule has 6 nitrogen and oxygen atoms in total. The molecule has 0 aliphatic heterocycles. The van der Waals surface area contributed by atoms with Crippen molar-refractivity contribution < 1.29 is 44.2 Å². The maximum absolute atomic E-state index is 12.4. The van der Waals surface area contributed by atoms with Crippen molar-refractivity contribution in [3.05, 3.63) is 69.5 Å². The summed E-state index contributed by atoms with van der Waals surface area (Å²) < 4.78 is 5.93. The Morgan fingerprint density at radius 2 is 1.69 bits per heavy atom. The molecule has 4 aromatic rings. The maximum atomic E-state index is 12.4. The predicted octanol–water partition coefficient (Wildman–Crippen LogP) is 2.86. The van der Waals surface area contributed by atoms with Gasteiger partial charge in [0.1, 0.15) is 0 Å². The molecule has 0 amide bonds. The van der Waals surface area contributed by atoms with Gasteiger partial charge in [0.2, 0.25) is 5.13 Å². The number of methoxy groups -OCH3 is 1. The van der Waals surface area contributed by atoms with Crippen LogP contribution >= 0.6 is 34.5 Å². The first kappa shape index (κ1) is 26.4. The molecule has 0 aliphatic carbocycles. The third-order valence-electron chi connectivity index (χ3n) is 4.14. The van der Waals surface area contributed by atoms with Crippen molar-refractivity contribution in [2.45, 2.75) is 13.8 Å². The van der Waals surface area contributed by atoms with Crippen LogP contribution in [0.4, 0.5) is 0 Å². The van der Waals surface area contributed by atoms with Gasteiger partial charge in [-0.3, -0.25) is 0 Å². The van der Waals surface area contributed by atoms with E-state index < -0.39 is 5.97 Å². The molecule has 2 aromatic heterocycles. The minimum atomic E-state index is -0.541. The molecule has 0 aliphatic rings. The molecule has 4 rings (SSSR count). The number of aromatic nitrogens is 3. The quantitative estimate of drug-likeness (QED) is 0.320. The van der Waals surface area contributed by atoms with Gasteiger partial charge in [0, 0.05) is 16.5 Å². The smallest absolute Gasteiger partial charge is 0.858 e. The molecule has 0 atom stereocenters. The van der Waals surface area contributed by atoms with Crippen LogP contribution in [0.5, 0.6) is 5.88 Å². The number of thiazole rings is 1. The van der Waals surface area contributed by atoms with Gasteiger partial charge in [0.25, 0.3) is 0 Å². The van der Waals surface area contributed by atoms with E-state index in [0.29, 0.717) is 22.1 Å². The second kappa shape index (κ2) is 11.8. The average Bonchev–Trinajstić information content (AvgIpc) is 3.41. The van der Waals surface area contributed by atoms with Crippen molar-refractivity contribution in [3.63, 3.8) is 0 Å². The predicted molar refractivity (Wildman–Crippen MR) is 122 cm³/mol. The first-order valence-corrected chi connectivity index (χ1v) is 11.0. The topological polar surface area (TPSA) is 80.1 Å². The van der Waals surface area contributed by atoms with Crippen LogP contribution in [-0.4, -0.2) is 27.8 Å². The van der Waals surface area contributed by atoms with Crippen LogP contribution in [0.3, 0.4) is 0 Å². The van der Waals surface area contributed by atoms with E-state index in [1.807, 2.05) is 44.2 Å². The number of hydrogen-bond acceptors (Lipinski definition) is 6. The molecule has 160 valence electrons. The van der Waals surface area contributed by atoms with Crippen molar-refractivity contribution >= 4 is 40.5 Å². The van der Waals surface area contributed by atoms with E-state index in [1.165, 1.54) is 41.3 Å². The van der Waals surface area contributed by atoms with E-state index in [1.54, 1.807) is 5.38 Å². The van der Waals surface area contributed by atoms with Gasteiger partial charge in [-0.25, -0.2) is 14.5 Å². The summed E-state index contributed by atoms with van der Waals surface area (Å²) >= 11 is 13.9. The first-order valence-electron chi connectivity index (χ1n) is 9.34. The van der Waals surface area contributed by atoms with Crippen molar-refractivity contribution in [1.82, 2.24) is 14.8 Å². The second-order valence-corrected chi connectivity index (χ2v) is 7.62. The summed E-state index contributed by atoms with van der Waals surface area (Å²) in [5, 5.41) is 19.4. The van der Waals surface area contributed by atoms with E-state index in [-0.39, 0.29) is 51.0 Å². The third kappa shape index (κ3) is 5.54. The molecule has 0 fully saturated rings. The van der Waals surface area contributed by atoms with E-state index in [2.05, 4.69) is 14.8 Å². The van der Waals surface area contributed by atoms with Crippen molar-refractivity contribution in [1.29, 1.82) is 0 Å². The van der Waals surface area contributed by atoms with Crippen molar-refractivity contribution in [2.75, 3.05) is 7.11 Å². The number of carbonyl (C=O) groups excluding carboxylic acids is 1. The van der Waals surface area contributed by atoms with Crippen LogP contribution in [0.2, 0.25) is 10.0 Å². The van der Waals surface area contributed by atoms with Gasteiger partial charge in [-0.15, -0.1) is 11.3 Å². The molecule has 0 bridgehead atoms. The molecule has 0 spiro atoms. The minimum Gasteiger partial charge on any atom is -0.858 e. The number of nitrogens with zero attached hydrogens (tertiary/aromatic N) is 3. The van der Waals surface area contributed by atoms with Crippen LogP contribution in [-0.2, 0) is 4.74 Å². The van der Waals surface area contributed by atoms with Crippen LogP contribution < -0.4 is 34.7 Å². The van der Waals surface area contributed by atoms with Gasteiger partial charge in [0.15, 0.2) is 0 Å². The molecule has 0 N–H and O–H groups in total. The van der Waals surface area contributed by atoms with Gasteiger partial charge in [-0.2, -0.15) is 5.10 Å². The monoisotopic (exact) mass is 497 g/mol. The Morgan fingerprint density at radius 3 is 2.28 bits per heavy atom. The number of carbonyl (C=O) groups is 1. The number of ether oxygens (including phenoxy) is 1. The van der Waals surface area contributed by atoms with E-state index in [9.17, 15) is 9.90 Å². The van der Waals surface area contributed by atoms with Gasteiger partial charge < -0.3 is 9.84 Å². The fraction of sp³-hybridized carbons (Fsp3) is 0.136. The number of rotatable bonds is 4. The Balaban J connectivity index is 0.00000118. The summed E-state index contributed by atoms with van der Waals surface area (Å²) in [4.78, 5) is 16.2. The summed E-state index contributed by atoms with van der Waals surface area (Å²) in [5.74, 6) is -0.830. The second-order valence-electron chi connectivity index (χ2n) is 5.97. The van der Waals surface area contributed by atoms with Gasteiger partial charge in [-0.1, -0.05) is 67.4 Å². The largest absolute Gasteiger partial charge is 1.00 e. The summed E-state index contributed by atoms with van der Waals surface area (Å²) in [5.41, 5.74) is 2.58. The zero-order chi connectivity index (χ0) is 22.5. The van der Waals surface area contributed by atoms with E-state index in [4.69, 9.17) is 23.2 Å². The zero-order valence-corrected chi connectivity index (χ0v) is 22.3. The van der Waals surface area contributed by atoms with E-state index >= 15 is 0 Å².